The van der Waals surface area contributed by atoms with Crippen LogP contribution in [0.5, 0.6) is 0 Å². The van der Waals surface area contributed by atoms with Crippen LogP contribution in [0.3, 0.4) is 0 Å². The van der Waals surface area contributed by atoms with Gasteiger partial charge in [0.25, 0.3) is 5.91 Å². The summed E-state index contributed by atoms with van der Waals surface area (Å²) in [6, 6.07) is 1.01. The molecule has 1 fully saturated rings. The molecular weight excluding hydrogens is 248 g/mol. The van der Waals surface area contributed by atoms with Crippen molar-refractivity contribution in [2.75, 3.05) is 13.7 Å². The second-order valence-corrected chi connectivity index (χ2v) is 4.58. The van der Waals surface area contributed by atoms with Crippen molar-refractivity contribution in [1.82, 2.24) is 4.90 Å². The van der Waals surface area contributed by atoms with Crippen molar-refractivity contribution in [3.05, 3.63) is 23.7 Å². The molecule has 1 saturated heterocycles. The van der Waals surface area contributed by atoms with Crippen LogP contribution in [0.15, 0.2) is 16.7 Å². The number of carbonyl (C=O) groups excluding carboxylic acids is 2. The quantitative estimate of drug-likeness (QED) is 0.862. The highest BCUT2D eigenvalue weighted by atomic mass is 16.5. The van der Waals surface area contributed by atoms with E-state index in [0.29, 0.717) is 30.7 Å². The maximum absolute atomic E-state index is 12.5. The summed E-state index contributed by atoms with van der Waals surface area (Å²) in [6.45, 7) is 2.28. The van der Waals surface area contributed by atoms with Gasteiger partial charge in [-0.05, 0) is 6.07 Å². The first-order valence-corrected chi connectivity index (χ1v) is 6.27. The van der Waals surface area contributed by atoms with Crippen LogP contribution in [0.2, 0.25) is 0 Å². The Morgan fingerprint density at radius 1 is 1.58 bits per heavy atom. The topological polar surface area (TPSA) is 85.8 Å². The Balaban J connectivity index is 2.24. The number of aryl methyl sites for hydroxylation is 1. The van der Waals surface area contributed by atoms with E-state index in [2.05, 4.69) is 0 Å². The molecule has 2 rings (SSSR count). The third-order valence-electron chi connectivity index (χ3n) is 3.48. The zero-order valence-electron chi connectivity index (χ0n) is 11.1. The SMILES string of the molecule is CCc1occc1C(=O)N1C[C@@H](OC)C[C@H]1C(N)=O. The maximum Gasteiger partial charge on any atom is 0.258 e. The lowest BCUT2D eigenvalue weighted by Gasteiger charge is -2.21. The number of nitrogens with zero attached hydrogens (tertiary/aromatic N) is 1. The molecule has 2 heterocycles. The highest BCUT2D eigenvalue weighted by Gasteiger charge is 2.39. The van der Waals surface area contributed by atoms with Crippen LogP contribution < -0.4 is 5.73 Å². The molecule has 0 spiro atoms. The van der Waals surface area contributed by atoms with Crippen LogP contribution in [-0.2, 0) is 16.0 Å². The molecule has 1 aliphatic heterocycles. The molecular formula is C13H18N2O4. The van der Waals surface area contributed by atoms with Gasteiger partial charge in [-0.2, -0.15) is 0 Å². The van der Waals surface area contributed by atoms with Gasteiger partial charge in [0.1, 0.15) is 11.8 Å². The highest BCUT2D eigenvalue weighted by molar-refractivity contribution is 5.98. The van der Waals surface area contributed by atoms with E-state index >= 15 is 0 Å². The van der Waals surface area contributed by atoms with Gasteiger partial charge in [-0.3, -0.25) is 9.59 Å². The molecule has 6 nitrogen and oxygen atoms in total. The van der Waals surface area contributed by atoms with Crippen LogP contribution in [0.25, 0.3) is 0 Å². The van der Waals surface area contributed by atoms with Crippen LogP contribution >= 0.6 is 0 Å². The van der Waals surface area contributed by atoms with Crippen molar-refractivity contribution < 1.29 is 18.7 Å². The Labute approximate surface area is 111 Å². The number of likely N-dealkylation sites (tertiary alicyclic amines) is 1. The van der Waals surface area contributed by atoms with Gasteiger partial charge < -0.3 is 19.8 Å². The molecule has 104 valence electrons. The lowest BCUT2D eigenvalue weighted by atomic mass is 10.1. The minimum Gasteiger partial charge on any atom is -0.469 e. The fourth-order valence-electron chi connectivity index (χ4n) is 2.42. The highest BCUT2D eigenvalue weighted by Crippen LogP contribution is 2.24. The Morgan fingerprint density at radius 3 is 2.89 bits per heavy atom. The second kappa shape index (κ2) is 5.44. The molecule has 19 heavy (non-hydrogen) atoms. The molecule has 1 aliphatic rings. The molecule has 1 aromatic heterocycles. The van der Waals surface area contributed by atoms with Crippen molar-refractivity contribution >= 4 is 11.8 Å². The third kappa shape index (κ3) is 2.49. The summed E-state index contributed by atoms with van der Waals surface area (Å²) in [5.74, 6) is -0.113. The number of primary amides is 1. The molecule has 2 N–H and O–H groups in total. The number of ether oxygens (including phenoxy) is 1. The first-order chi connectivity index (χ1) is 9.08. The summed E-state index contributed by atoms with van der Waals surface area (Å²) >= 11 is 0. The van der Waals surface area contributed by atoms with E-state index in [4.69, 9.17) is 14.9 Å². The van der Waals surface area contributed by atoms with Gasteiger partial charge in [0.05, 0.1) is 17.9 Å². The molecule has 0 radical (unpaired) electrons. The van der Waals surface area contributed by atoms with Gasteiger partial charge in [-0.25, -0.2) is 0 Å². The minimum atomic E-state index is -0.614. The van der Waals surface area contributed by atoms with E-state index in [1.165, 1.54) is 11.2 Å². The smallest absolute Gasteiger partial charge is 0.258 e. The largest absolute Gasteiger partial charge is 0.469 e. The summed E-state index contributed by atoms with van der Waals surface area (Å²) in [4.78, 5) is 25.4. The Hall–Kier alpha value is -1.82. The fraction of sp³-hybridized carbons (Fsp3) is 0.538. The molecule has 0 bridgehead atoms. The molecule has 6 heteroatoms. The molecule has 0 aromatic carbocycles. The second-order valence-electron chi connectivity index (χ2n) is 4.58. The number of amides is 2. The number of furan rings is 1. The van der Waals surface area contributed by atoms with Gasteiger partial charge >= 0.3 is 0 Å². The van der Waals surface area contributed by atoms with Crippen LogP contribution in [-0.4, -0.2) is 42.5 Å². The lowest BCUT2D eigenvalue weighted by Crippen LogP contribution is -2.43. The normalized spacial score (nSPS) is 22.7. The zero-order chi connectivity index (χ0) is 14.0. The van der Waals surface area contributed by atoms with Gasteiger partial charge in [0.2, 0.25) is 5.91 Å². The summed E-state index contributed by atoms with van der Waals surface area (Å²) in [6.07, 6.45) is 2.39. The van der Waals surface area contributed by atoms with Gasteiger partial charge in [-0.15, -0.1) is 0 Å². The van der Waals surface area contributed by atoms with E-state index in [0.717, 1.165) is 0 Å². The Morgan fingerprint density at radius 2 is 2.32 bits per heavy atom. The Bertz CT molecular complexity index is 483. The van der Waals surface area contributed by atoms with Crippen LogP contribution in [0, 0.1) is 0 Å². The first kappa shape index (κ1) is 13.6. The van der Waals surface area contributed by atoms with E-state index in [1.54, 1.807) is 13.2 Å². The molecule has 2 atom stereocenters. The van der Waals surface area contributed by atoms with Crippen molar-refractivity contribution in [3.8, 4) is 0 Å². The van der Waals surface area contributed by atoms with E-state index in [1.807, 2.05) is 6.92 Å². The summed E-state index contributed by atoms with van der Waals surface area (Å²) in [5.41, 5.74) is 5.85. The maximum atomic E-state index is 12.5. The average Bonchev–Trinajstić information content (AvgIpc) is 3.03. The fourth-order valence-corrected chi connectivity index (χ4v) is 2.42. The molecule has 0 unspecified atom stereocenters. The van der Waals surface area contributed by atoms with Gasteiger partial charge in [0.15, 0.2) is 0 Å². The van der Waals surface area contributed by atoms with E-state index < -0.39 is 11.9 Å². The number of hydrogen-bond donors (Lipinski definition) is 1. The predicted molar refractivity (Wildman–Crippen MR) is 67.5 cm³/mol. The van der Waals surface area contributed by atoms with Crippen LogP contribution in [0.4, 0.5) is 0 Å². The van der Waals surface area contributed by atoms with Gasteiger partial charge in [0, 0.05) is 26.5 Å². The Kier molecular flexibility index (Phi) is 3.90. The lowest BCUT2D eigenvalue weighted by molar-refractivity contribution is -0.121. The summed E-state index contributed by atoms with van der Waals surface area (Å²) in [5, 5.41) is 0. The summed E-state index contributed by atoms with van der Waals surface area (Å²) < 4.78 is 10.5. The average molecular weight is 266 g/mol. The molecule has 0 aliphatic carbocycles. The first-order valence-electron chi connectivity index (χ1n) is 6.27. The van der Waals surface area contributed by atoms with Crippen molar-refractivity contribution in [2.24, 2.45) is 5.73 Å². The number of rotatable bonds is 4. The van der Waals surface area contributed by atoms with Crippen molar-refractivity contribution in [3.63, 3.8) is 0 Å². The van der Waals surface area contributed by atoms with Crippen molar-refractivity contribution in [2.45, 2.75) is 31.9 Å². The van der Waals surface area contributed by atoms with E-state index in [9.17, 15) is 9.59 Å². The standard InChI is InChI=1S/C13H18N2O4/c1-3-11-9(4-5-19-11)13(17)15-7-8(18-2)6-10(15)12(14)16/h4-5,8,10H,3,6-7H2,1-2H3,(H2,14,16)/t8-,10-/m0/s1. The minimum absolute atomic E-state index is 0.154. The molecule has 0 saturated carbocycles. The number of carbonyl (C=O) groups is 2. The predicted octanol–water partition coefficient (Wildman–Crippen LogP) is 0.557. The monoisotopic (exact) mass is 266 g/mol. The third-order valence-corrected chi connectivity index (χ3v) is 3.48. The van der Waals surface area contributed by atoms with Crippen molar-refractivity contribution in [1.29, 1.82) is 0 Å². The number of nitrogens with two attached hydrogens (primary N) is 1. The number of methoxy groups -OCH3 is 1. The molecule has 2 amide bonds. The summed E-state index contributed by atoms with van der Waals surface area (Å²) in [7, 11) is 1.56. The zero-order valence-corrected chi connectivity index (χ0v) is 11.1. The number of hydrogen-bond acceptors (Lipinski definition) is 4. The van der Waals surface area contributed by atoms with Gasteiger partial charge in [-0.1, -0.05) is 6.92 Å². The molecule has 1 aromatic rings. The van der Waals surface area contributed by atoms with Crippen LogP contribution in [0.1, 0.15) is 29.5 Å². The van der Waals surface area contributed by atoms with E-state index in [-0.39, 0.29) is 12.0 Å².